The number of thiocarbonyl (C=S) groups is 1. The Bertz CT molecular complexity index is 1310. The molecule has 5 nitrogen and oxygen atoms in total. The molecule has 1 aliphatic heterocycles. The normalized spacial score (nSPS) is 17.6. The fraction of sp³-hybridized carbons (Fsp3) is 0.214. The van der Waals surface area contributed by atoms with E-state index in [9.17, 15) is 0 Å². The predicted molar refractivity (Wildman–Crippen MR) is 141 cm³/mol. The minimum Gasteiger partial charge on any atom is -0.497 e. The Labute approximate surface area is 206 Å². The highest BCUT2D eigenvalue weighted by atomic mass is 32.1. The van der Waals surface area contributed by atoms with Crippen LogP contribution in [-0.4, -0.2) is 21.8 Å². The third-order valence-corrected chi connectivity index (χ3v) is 6.84. The van der Waals surface area contributed by atoms with Crippen LogP contribution >= 0.6 is 12.2 Å². The average Bonchev–Trinajstić information content (AvgIpc) is 3.35. The van der Waals surface area contributed by atoms with Crippen molar-refractivity contribution in [3.05, 3.63) is 107 Å². The summed E-state index contributed by atoms with van der Waals surface area (Å²) in [4.78, 5) is 6.91. The van der Waals surface area contributed by atoms with Crippen molar-refractivity contribution < 1.29 is 4.74 Å². The van der Waals surface area contributed by atoms with Gasteiger partial charge >= 0.3 is 0 Å². The zero-order valence-corrected chi connectivity index (χ0v) is 20.6. The number of nitrogens with zero attached hydrogens (tertiary/aromatic N) is 3. The fourth-order valence-electron chi connectivity index (χ4n) is 4.87. The lowest BCUT2D eigenvalue weighted by atomic mass is 9.96. The number of aryl methyl sites for hydroxylation is 2. The van der Waals surface area contributed by atoms with Crippen molar-refractivity contribution in [2.75, 3.05) is 12.0 Å². The number of methoxy groups -OCH3 is 1. The lowest BCUT2D eigenvalue weighted by Gasteiger charge is -2.28. The monoisotopic (exact) mass is 468 g/mol. The van der Waals surface area contributed by atoms with E-state index in [1.54, 1.807) is 7.11 Å². The molecule has 0 saturated carbocycles. The first-order chi connectivity index (χ1) is 16.5. The third-order valence-electron chi connectivity index (χ3n) is 6.53. The van der Waals surface area contributed by atoms with Gasteiger partial charge in [0, 0.05) is 29.0 Å². The van der Waals surface area contributed by atoms with E-state index in [2.05, 4.69) is 89.1 Å². The van der Waals surface area contributed by atoms with Crippen molar-refractivity contribution in [3.63, 3.8) is 0 Å². The van der Waals surface area contributed by atoms with Crippen LogP contribution in [0.15, 0.2) is 79.0 Å². The number of ether oxygens (including phenoxy) is 1. The maximum Gasteiger partial charge on any atom is 0.174 e. The largest absolute Gasteiger partial charge is 0.497 e. The number of nitrogens with one attached hydrogen (secondary N) is 1. The number of hydrogen-bond donors (Lipinski definition) is 1. The summed E-state index contributed by atoms with van der Waals surface area (Å²) in [5.41, 5.74) is 7.93. The van der Waals surface area contributed by atoms with Crippen molar-refractivity contribution in [3.8, 4) is 11.4 Å². The van der Waals surface area contributed by atoms with E-state index in [1.807, 2.05) is 30.5 Å². The van der Waals surface area contributed by atoms with E-state index < -0.39 is 0 Å². The van der Waals surface area contributed by atoms with Crippen molar-refractivity contribution in [2.45, 2.75) is 32.9 Å². The molecule has 5 rings (SSSR count). The van der Waals surface area contributed by atoms with E-state index in [-0.39, 0.29) is 12.1 Å². The van der Waals surface area contributed by atoms with Gasteiger partial charge in [-0.2, -0.15) is 0 Å². The summed E-state index contributed by atoms with van der Waals surface area (Å²) in [5, 5.41) is 4.27. The van der Waals surface area contributed by atoms with Crippen LogP contribution in [0.3, 0.4) is 0 Å². The van der Waals surface area contributed by atoms with Crippen LogP contribution < -0.4 is 15.0 Å². The minimum absolute atomic E-state index is 0.0386. The summed E-state index contributed by atoms with van der Waals surface area (Å²) in [6.45, 7) is 6.42. The molecule has 1 N–H and O–H groups in total. The van der Waals surface area contributed by atoms with Crippen molar-refractivity contribution in [2.24, 2.45) is 0 Å². The maximum atomic E-state index is 5.88. The maximum absolute atomic E-state index is 5.88. The Morgan fingerprint density at radius 2 is 1.62 bits per heavy atom. The quantitative estimate of drug-likeness (QED) is 0.365. The molecule has 1 aliphatic rings. The Morgan fingerprint density at radius 1 is 0.912 bits per heavy atom. The molecule has 1 fully saturated rings. The number of anilines is 1. The second-order valence-corrected chi connectivity index (χ2v) is 9.08. The second kappa shape index (κ2) is 8.95. The summed E-state index contributed by atoms with van der Waals surface area (Å²) in [6, 6.07) is 24.9. The third kappa shape index (κ3) is 3.84. The van der Waals surface area contributed by atoms with Gasteiger partial charge in [0.05, 0.1) is 24.9 Å². The fourth-order valence-corrected chi connectivity index (χ4v) is 5.22. The average molecular weight is 469 g/mol. The van der Waals surface area contributed by atoms with Crippen LogP contribution in [0.5, 0.6) is 5.75 Å². The molecule has 0 radical (unpaired) electrons. The highest BCUT2D eigenvalue weighted by Crippen LogP contribution is 2.43. The van der Waals surface area contributed by atoms with E-state index in [0.717, 1.165) is 22.8 Å². The molecule has 0 amide bonds. The number of rotatable bonds is 5. The summed E-state index contributed by atoms with van der Waals surface area (Å²) in [6.07, 6.45) is 1.84. The van der Waals surface area contributed by atoms with Crippen LogP contribution in [0, 0.1) is 20.8 Å². The van der Waals surface area contributed by atoms with E-state index >= 15 is 0 Å². The molecule has 0 bridgehead atoms. The Hall–Kier alpha value is -3.64. The molecule has 1 saturated heterocycles. The van der Waals surface area contributed by atoms with Crippen LogP contribution in [0.25, 0.3) is 5.69 Å². The Morgan fingerprint density at radius 3 is 2.26 bits per heavy atom. The summed E-state index contributed by atoms with van der Waals surface area (Å²) in [5.74, 6) is 0.845. The molecule has 2 aromatic carbocycles. The van der Waals surface area contributed by atoms with Gasteiger partial charge in [-0.1, -0.05) is 23.8 Å². The van der Waals surface area contributed by atoms with E-state index in [0.29, 0.717) is 5.11 Å². The molecule has 0 unspecified atom stereocenters. The summed E-state index contributed by atoms with van der Waals surface area (Å²) >= 11 is 5.88. The van der Waals surface area contributed by atoms with Crippen LogP contribution in [0.2, 0.25) is 0 Å². The van der Waals surface area contributed by atoms with Gasteiger partial charge in [0.25, 0.3) is 0 Å². The molecule has 0 spiro atoms. The molecular formula is C28H28N4OS. The van der Waals surface area contributed by atoms with Gasteiger partial charge in [-0.05, 0) is 93.1 Å². The zero-order valence-electron chi connectivity index (χ0n) is 19.8. The highest BCUT2D eigenvalue weighted by molar-refractivity contribution is 7.80. The van der Waals surface area contributed by atoms with E-state index in [4.69, 9.17) is 17.0 Å². The van der Waals surface area contributed by atoms with Gasteiger partial charge in [0.1, 0.15) is 5.75 Å². The molecule has 2 aromatic heterocycles. The molecule has 3 heterocycles. The number of benzene rings is 2. The van der Waals surface area contributed by atoms with Gasteiger partial charge < -0.3 is 19.5 Å². The zero-order chi connectivity index (χ0) is 23.8. The summed E-state index contributed by atoms with van der Waals surface area (Å²) < 4.78 is 7.64. The Balaban J connectivity index is 1.65. The highest BCUT2D eigenvalue weighted by Gasteiger charge is 2.42. The van der Waals surface area contributed by atoms with Gasteiger partial charge in [-0.25, -0.2) is 0 Å². The van der Waals surface area contributed by atoms with Crippen molar-refractivity contribution in [1.82, 2.24) is 14.9 Å². The summed E-state index contributed by atoms with van der Waals surface area (Å²) in [7, 11) is 1.69. The molecule has 6 heteroatoms. The standard InChI is InChI=1S/C28H28N4OS/c1-18-8-10-22(11-9-18)32-27(26(30-28(32)34)25-7-5-6-16-29-25)24-17-19(2)31(20(24)3)21-12-14-23(33-4)15-13-21/h5-17,26-27H,1-4H3,(H,30,34)/t26-,27-/m1/s1. The molecule has 4 aromatic rings. The van der Waals surface area contributed by atoms with Crippen LogP contribution in [0.4, 0.5) is 5.69 Å². The first-order valence-corrected chi connectivity index (χ1v) is 11.8. The molecule has 34 heavy (non-hydrogen) atoms. The number of pyridine rings is 1. The van der Waals surface area contributed by atoms with Crippen molar-refractivity contribution in [1.29, 1.82) is 0 Å². The van der Waals surface area contributed by atoms with Gasteiger partial charge in [-0.15, -0.1) is 0 Å². The lowest BCUT2D eigenvalue weighted by Crippen LogP contribution is -2.29. The molecule has 0 aliphatic carbocycles. The SMILES string of the molecule is COc1ccc(-n2c(C)cc([C@@H]3[C@@H](c4ccccn4)NC(=S)N3c3ccc(C)cc3)c2C)cc1. The topological polar surface area (TPSA) is 42.3 Å². The second-order valence-electron chi connectivity index (χ2n) is 8.69. The molecule has 172 valence electrons. The smallest absolute Gasteiger partial charge is 0.174 e. The number of aromatic nitrogens is 2. The first-order valence-electron chi connectivity index (χ1n) is 11.4. The lowest BCUT2D eigenvalue weighted by molar-refractivity contribution is 0.414. The van der Waals surface area contributed by atoms with Crippen LogP contribution in [0.1, 0.15) is 40.3 Å². The predicted octanol–water partition coefficient (Wildman–Crippen LogP) is 5.98. The van der Waals surface area contributed by atoms with Gasteiger partial charge in [-0.3, -0.25) is 4.98 Å². The molecular weight excluding hydrogens is 440 g/mol. The first kappa shape index (κ1) is 22.2. The number of hydrogen-bond acceptors (Lipinski definition) is 3. The van der Waals surface area contributed by atoms with Crippen molar-refractivity contribution >= 4 is 23.0 Å². The van der Waals surface area contributed by atoms with Gasteiger partial charge in [0.15, 0.2) is 5.11 Å². The van der Waals surface area contributed by atoms with E-state index in [1.165, 1.54) is 22.5 Å². The van der Waals surface area contributed by atoms with Crippen LogP contribution in [-0.2, 0) is 0 Å². The molecule has 2 atom stereocenters. The minimum atomic E-state index is -0.0696. The Kier molecular flexibility index (Phi) is 5.84. The van der Waals surface area contributed by atoms with Gasteiger partial charge in [0.2, 0.25) is 0 Å².